The van der Waals surface area contributed by atoms with Crippen LogP contribution in [0.15, 0.2) is 36.4 Å². The molecule has 0 aliphatic heterocycles. The van der Waals surface area contributed by atoms with Crippen molar-refractivity contribution in [2.45, 2.75) is 32.4 Å². The molecular weight excluding hydrogens is 306 g/mol. The van der Waals surface area contributed by atoms with Gasteiger partial charge in [0.05, 0.1) is 22.5 Å². The molecule has 1 aliphatic carbocycles. The highest BCUT2D eigenvalue weighted by Gasteiger charge is 2.20. The molecule has 118 valence electrons. The molecule has 2 aromatic heterocycles. The van der Waals surface area contributed by atoms with Gasteiger partial charge in [0.2, 0.25) is 5.88 Å². The van der Waals surface area contributed by atoms with Crippen molar-refractivity contribution in [2.24, 2.45) is 0 Å². The number of ether oxygens (including phenoxy) is 1. The van der Waals surface area contributed by atoms with Gasteiger partial charge in [-0.25, -0.2) is 9.97 Å². The summed E-state index contributed by atoms with van der Waals surface area (Å²) in [5.41, 5.74) is 2.61. The molecule has 4 nitrogen and oxygen atoms in total. The lowest BCUT2D eigenvalue weighted by Crippen LogP contribution is -2.14. The largest absolute Gasteiger partial charge is 0.476 e. The summed E-state index contributed by atoms with van der Waals surface area (Å²) in [6.07, 6.45) is 2.62. The van der Waals surface area contributed by atoms with Gasteiger partial charge in [-0.1, -0.05) is 12.1 Å². The van der Waals surface area contributed by atoms with Crippen molar-refractivity contribution in [1.82, 2.24) is 15.3 Å². The first kappa shape index (κ1) is 14.6. The first-order valence-electron chi connectivity index (χ1n) is 8.05. The predicted octanol–water partition coefficient (Wildman–Crippen LogP) is 4.01. The molecule has 0 radical (unpaired) electrons. The van der Waals surface area contributed by atoms with Crippen molar-refractivity contribution in [1.29, 1.82) is 0 Å². The highest BCUT2D eigenvalue weighted by molar-refractivity contribution is 7.15. The molecule has 1 N–H and O–H groups in total. The summed E-state index contributed by atoms with van der Waals surface area (Å²) in [6, 6.07) is 12.9. The van der Waals surface area contributed by atoms with E-state index in [1.807, 2.05) is 31.2 Å². The smallest absolute Gasteiger partial charge is 0.242 e. The third kappa shape index (κ3) is 3.21. The van der Waals surface area contributed by atoms with Crippen molar-refractivity contribution < 1.29 is 4.74 Å². The van der Waals surface area contributed by atoms with Crippen molar-refractivity contribution in [3.63, 3.8) is 0 Å². The minimum atomic E-state index is 0.585. The van der Waals surface area contributed by atoms with Gasteiger partial charge in [0, 0.05) is 17.5 Å². The number of hydrogen-bond acceptors (Lipinski definition) is 5. The van der Waals surface area contributed by atoms with Gasteiger partial charge in [-0.05, 0) is 44.0 Å². The van der Waals surface area contributed by atoms with Gasteiger partial charge >= 0.3 is 0 Å². The third-order valence-corrected chi connectivity index (χ3v) is 4.95. The van der Waals surface area contributed by atoms with Crippen molar-refractivity contribution in [2.75, 3.05) is 6.61 Å². The molecule has 2 heterocycles. The average Bonchev–Trinajstić information content (AvgIpc) is 3.29. The predicted molar refractivity (Wildman–Crippen MR) is 93.9 cm³/mol. The first-order chi connectivity index (χ1) is 11.3. The standard InChI is InChI=1S/C18H19N3OS/c1-2-22-18-17(20-14-5-3-4-6-15(14)21-18)16-10-9-13(23-16)11-19-12-7-8-12/h3-6,9-10,12,19H,2,7-8,11H2,1H3. The van der Waals surface area contributed by atoms with E-state index in [1.165, 1.54) is 17.7 Å². The van der Waals surface area contributed by atoms with E-state index in [1.54, 1.807) is 11.3 Å². The molecule has 0 saturated heterocycles. The summed E-state index contributed by atoms with van der Waals surface area (Å²) >= 11 is 1.76. The quantitative estimate of drug-likeness (QED) is 0.744. The van der Waals surface area contributed by atoms with E-state index in [0.29, 0.717) is 12.5 Å². The van der Waals surface area contributed by atoms with Crippen LogP contribution in [0.1, 0.15) is 24.6 Å². The number of aromatic nitrogens is 2. The maximum atomic E-state index is 5.73. The van der Waals surface area contributed by atoms with Crippen LogP contribution in [0, 0.1) is 0 Å². The normalized spacial score (nSPS) is 14.3. The highest BCUT2D eigenvalue weighted by atomic mass is 32.1. The Labute approximate surface area is 139 Å². The Morgan fingerprint density at radius 3 is 2.65 bits per heavy atom. The summed E-state index contributed by atoms with van der Waals surface area (Å²) in [4.78, 5) is 11.9. The van der Waals surface area contributed by atoms with Gasteiger partial charge in [0.15, 0.2) is 0 Å². The molecule has 5 heteroatoms. The number of nitrogens with one attached hydrogen (secondary N) is 1. The summed E-state index contributed by atoms with van der Waals surface area (Å²) in [7, 11) is 0. The van der Waals surface area contributed by atoms with Crippen LogP contribution in [0.5, 0.6) is 5.88 Å². The monoisotopic (exact) mass is 325 g/mol. The lowest BCUT2D eigenvalue weighted by atomic mass is 10.2. The molecule has 1 aliphatic rings. The van der Waals surface area contributed by atoms with Crippen molar-refractivity contribution in [3.8, 4) is 16.5 Å². The topological polar surface area (TPSA) is 47.0 Å². The van der Waals surface area contributed by atoms with Crippen molar-refractivity contribution in [3.05, 3.63) is 41.3 Å². The molecule has 0 atom stereocenters. The fraction of sp³-hybridized carbons (Fsp3) is 0.333. The van der Waals surface area contributed by atoms with Gasteiger partial charge in [0.25, 0.3) is 0 Å². The van der Waals surface area contributed by atoms with E-state index >= 15 is 0 Å². The number of nitrogens with zero attached hydrogens (tertiary/aromatic N) is 2. The van der Waals surface area contributed by atoms with Gasteiger partial charge in [0.1, 0.15) is 5.69 Å². The zero-order valence-corrected chi connectivity index (χ0v) is 13.9. The minimum absolute atomic E-state index is 0.585. The number of hydrogen-bond donors (Lipinski definition) is 1. The fourth-order valence-electron chi connectivity index (χ4n) is 2.51. The zero-order chi connectivity index (χ0) is 15.6. The highest BCUT2D eigenvalue weighted by Crippen LogP contribution is 2.34. The van der Waals surface area contributed by atoms with Crippen LogP contribution >= 0.6 is 11.3 Å². The molecule has 1 aromatic carbocycles. The van der Waals surface area contributed by atoms with Crippen LogP contribution in [0.2, 0.25) is 0 Å². The molecule has 3 aromatic rings. The van der Waals surface area contributed by atoms with Crippen LogP contribution in [-0.4, -0.2) is 22.6 Å². The fourth-order valence-corrected chi connectivity index (χ4v) is 3.45. The van der Waals surface area contributed by atoms with Crippen LogP contribution < -0.4 is 10.1 Å². The van der Waals surface area contributed by atoms with Crippen LogP contribution in [0.4, 0.5) is 0 Å². The minimum Gasteiger partial charge on any atom is -0.476 e. The van der Waals surface area contributed by atoms with Gasteiger partial charge in [-0.15, -0.1) is 11.3 Å². The summed E-state index contributed by atoms with van der Waals surface area (Å²) in [5.74, 6) is 0.620. The molecule has 0 bridgehead atoms. The zero-order valence-electron chi connectivity index (χ0n) is 13.1. The Kier molecular flexibility index (Phi) is 3.97. The second-order valence-corrected chi connectivity index (χ2v) is 6.89. The van der Waals surface area contributed by atoms with E-state index < -0.39 is 0 Å². The Bertz CT molecular complexity index is 826. The molecule has 1 fully saturated rings. The van der Waals surface area contributed by atoms with Gasteiger partial charge in [-0.3, -0.25) is 0 Å². The maximum Gasteiger partial charge on any atom is 0.242 e. The summed E-state index contributed by atoms with van der Waals surface area (Å²) in [5, 5.41) is 3.55. The van der Waals surface area contributed by atoms with E-state index in [0.717, 1.165) is 34.2 Å². The number of fused-ring (bicyclic) bond motifs is 1. The van der Waals surface area contributed by atoms with Gasteiger partial charge < -0.3 is 10.1 Å². The van der Waals surface area contributed by atoms with Crippen LogP contribution in [0.25, 0.3) is 21.6 Å². The van der Waals surface area contributed by atoms with Crippen molar-refractivity contribution >= 4 is 22.4 Å². The number of thiophene rings is 1. The summed E-state index contributed by atoms with van der Waals surface area (Å²) in [6.45, 7) is 3.49. The van der Waals surface area contributed by atoms with E-state index in [9.17, 15) is 0 Å². The Hall–Kier alpha value is -1.98. The van der Waals surface area contributed by atoms with E-state index in [4.69, 9.17) is 9.72 Å². The number of para-hydroxylation sites is 2. The summed E-state index contributed by atoms with van der Waals surface area (Å²) < 4.78 is 5.73. The molecule has 1 saturated carbocycles. The molecule has 0 unspecified atom stereocenters. The van der Waals surface area contributed by atoms with Gasteiger partial charge in [-0.2, -0.15) is 0 Å². The number of rotatable bonds is 6. The molecule has 0 spiro atoms. The van der Waals surface area contributed by atoms with E-state index in [-0.39, 0.29) is 0 Å². The number of benzene rings is 1. The molecule has 23 heavy (non-hydrogen) atoms. The average molecular weight is 325 g/mol. The SMILES string of the molecule is CCOc1nc2ccccc2nc1-c1ccc(CNC2CC2)s1. The van der Waals surface area contributed by atoms with Crippen LogP contribution in [0.3, 0.4) is 0 Å². The Morgan fingerprint density at radius 1 is 1.13 bits per heavy atom. The first-order valence-corrected chi connectivity index (χ1v) is 8.87. The second-order valence-electron chi connectivity index (χ2n) is 5.72. The third-order valence-electron chi connectivity index (χ3n) is 3.86. The lowest BCUT2D eigenvalue weighted by Gasteiger charge is -2.08. The Morgan fingerprint density at radius 2 is 1.91 bits per heavy atom. The molecule has 4 rings (SSSR count). The molecule has 0 amide bonds. The molecular formula is C18H19N3OS. The Balaban J connectivity index is 1.69. The van der Waals surface area contributed by atoms with Crippen LogP contribution in [-0.2, 0) is 6.54 Å². The lowest BCUT2D eigenvalue weighted by molar-refractivity contribution is 0.328. The van der Waals surface area contributed by atoms with E-state index in [2.05, 4.69) is 22.4 Å². The maximum absolute atomic E-state index is 5.73. The second kappa shape index (κ2) is 6.26.